The fraction of sp³-hybridized carbons (Fsp3) is 0.438. The zero-order valence-corrected chi connectivity index (χ0v) is 13.4. The van der Waals surface area contributed by atoms with E-state index in [-0.39, 0.29) is 12.5 Å². The van der Waals surface area contributed by atoms with Gasteiger partial charge in [-0.05, 0) is 24.6 Å². The third kappa shape index (κ3) is 3.25. The molecule has 1 amide bonds. The van der Waals surface area contributed by atoms with Crippen LogP contribution in [-0.2, 0) is 16.1 Å². The summed E-state index contributed by atoms with van der Waals surface area (Å²) in [7, 11) is 1.59. The average molecular weight is 316 g/mol. The maximum Gasteiger partial charge on any atom is 0.276 e. The van der Waals surface area contributed by atoms with Crippen molar-refractivity contribution < 1.29 is 14.3 Å². The third-order valence-corrected chi connectivity index (χ3v) is 3.79. The third-order valence-electron chi connectivity index (χ3n) is 3.79. The van der Waals surface area contributed by atoms with E-state index in [0.29, 0.717) is 37.7 Å². The highest BCUT2D eigenvalue weighted by molar-refractivity contribution is 5.93. The molecule has 0 N–H and O–H groups in total. The molecule has 1 fully saturated rings. The van der Waals surface area contributed by atoms with Crippen molar-refractivity contribution in [2.45, 2.75) is 13.5 Å². The molecule has 1 aromatic heterocycles. The van der Waals surface area contributed by atoms with Gasteiger partial charge < -0.3 is 14.4 Å². The second-order valence-electron chi connectivity index (χ2n) is 5.47. The van der Waals surface area contributed by atoms with Crippen molar-refractivity contribution >= 4 is 5.91 Å². The van der Waals surface area contributed by atoms with Gasteiger partial charge in [-0.15, -0.1) is 5.10 Å². The highest BCUT2D eigenvalue weighted by atomic mass is 16.5. The molecule has 0 spiro atoms. The zero-order chi connectivity index (χ0) is 16.2. The number of carbonyl (C=O) groups excluding carboxylic acids is 1. The summed E-state index contributed by atoms with van der Waals surface area (Å²) in [6, 6.07) is 7.89. The molecule has 0 atom stereocenters. The van der Waals surface area contributed by atoms with Crippen LogP contribution in [0.2, 0.25) is 0 Å². The predicted molar refractivity (Wildman–Crippen MR) is 83.5 cm³/mol. The molecule has 2 heterocycles. The predicted octanol–water partition coefficient (Wildman–Crippen LogP) is 1.19. The summed E-state index contributed by atoms with van der Waals surface area (Å²) in [5.74, 6) is -0.126. The van der Waals surface area contributed by atoms with Crippen molar-refractivity contribution in [2.75, 3.05) is 33.4 Å². The van der Waals surface area contributed by atoms with Crippen LogP contribution in [0.15, 0.2) is 24.3 Å². The molecule has 1 aromatic carbocycles. The molecule has 0 unspecified atom stereocenters. The second-order valence-corrected chi connectivity index (χ2v) is 5.47. The number of methoxy groups -OCH3 is 1. The molecule has 0 aliphatic carbocycles. The van der Waals surface area contributed by atoms with Crippen LogP contribution >= 0.6 is 0 Å². The maximum atomic E-state index is 12.7. The number of nitrogens with zero attached hydrogens (tertiary/aromatic N) is 4. The largest absolute Gasteiger partial charge is 0.378 e. The summed E-state index contributed by atoms with van der Waals surface area (Å²) in [5, 5.41) is 8.29. The molecule has 122 valence electrons. The number of morpholine rings is 1. The summed E-state index contributed by atoms with van der Waals surface area (Å²) in [6.07, 6.45) is 0. The minimum atomic E-state index is -0.126. The number of carbonyl (C=O) groups is 1. The van der Waals surface area contributed by atoms with Crippen LogP contribution in [0.4, 0.5) is 0 Å². The van der Waals surface area contributed by atoms with E-state index in [2.05, 4.69) is 10.3 Å². The van der Waals surface area contributed by atoms with E-state index in [9.17, 15) is 4.79 Å². The quantitative estimate of drug-likeness (QED) is 0.847. The highest BCUT2D eigenvalue weighted by Gasteiger charge is 2.26. The lowest BCUT2D eigenvalue weighted by Gasteiger charge is -2.26. The van der Waals surface area contributed by atoms with Crippen LogP contribution in [-0.4, -0.2) is 59.2 Å². The Bertz CT molecular complexity index is 692. The Morgan fingerprint density at radius 2 is 2.13 bits per heavy atom. The Kier molecular flexibility index (Phi) is 4.68. The van der Waals surface area contributed by atoms with E-state index in [4.69, 9.17) is 9.47 Å². The Morgan fingerprint density at radius 1 is 1.35 bits per heavy atom. The van der Waals surface area contributed by atoms with Gasteiger partial charge in [0.2, 0.25) is 0 Å². The van der Waals surface area contributed by atoms with Crippen molar-refractivity contribution in [3.63, 3.8) is 0 Å². The van der Waals surface area contributed by atoms with Crippen LogP contribution < -0.4 is 0 Å². The topological polar surface area (TPSA) is 69.5 Å². The SMILES string of the molecule is COCc1c(C(=O)N2CCOCC2)nnn1-c1cccc(C)c1. The minimum absolute atomic E-state index is 0.126. The van der Waals surface area contributed by atoms with Crippen LogP contribution in [0, 0.1) is 6.92 Å². The number of aromatic nitrogens is 3. The fourth-order valence-electron chi connectivity index (χ4n) is 2.62. The summed E-state index contributed by atoms with van der Waals surface area (Å²) in [6.45, 7) is 4.53. The number of hydrogen-bond acceptors (Lipinski definition) is 5. The van der Waals surface area contributed by atoms with Crippen molar-refractivity contribution in [1.82, 2.24) is 19.9 Å². The van der Waals surface area contributed by atoms with Crippen molar-refractivity contribution in [3.05, 3.63) is 41.2 Å². The van der Waals surface area contributed by atoms with E-state index < -0.39 is 0 Å². The van der Waals surface area contributed by atoms with Gasteiger partial charge in [-0.1, -0.05) is 17.3 Å². The molecular formula is C16H20N4O3. The first-order valence-corrected chi connectivity index (χ1v) is 7.58. The lowest BCUT2D eigenvalue weighted by molar-refractivity contribution is 0.0296. The van der Waals surface area contributed by atoms with Crippen LogP contribution in [0.5, 0.6) is 0 Å². The van der Waals surface area contributed by atoms with Gasteiger partial charge in [0.15, 0.2) is 5.69 Å². The van der Waals surface area contributed by atoms with Crippen molar-refractivity contribution in [2.24, 2.45) is 0 Å². The summed E-state index contributed by atoms with van der Waals surface area (Å²) < 4.78 is 12.2. The smallest absolute Gasteiger partial charge is 0.276 e. The van der Waals surface area contributed by atoms with Gasteiger partial charge in [0.1, 0.15) is 5.69 Å². The summed E-state index contributed by atoms with van der Waals surface area (Å²) in [5.41, 5.74) is 2.98. The number of rotatable bonds is 4. The molecule has 1 saturated heterocycles. The normalized spacial score (nSPS) is 15.0. The molecule has 1 aliphatic heterocycles. The van der Waals surface area contributed by atoms with E-state index in [1.54, 1.807) is 16.7 Å². The van der Waals surface area contributed by atoms with Crippen LogP contribution in [0.25, 0.3) is 5.69 Å². The molecule has 7 nitrogen and oxygen atoms in total. The van der Waals surface area contributed by atoms with Gasteiger partial charge in [0.25, 0.3) is 5.91 Å². The molecule has 3 rings (SSSR count). The zero-order valence-electron chi connectivity index (χ0n) is 13.4. The Labute approximate surface area is 134 Å². The Hall–Kier alpha value is -2.25. The molecule has 0 radical (unpaired) electrons. The Balaban J connectivity index is 1.96. The maximum absolute atomic E-state index is 12.7. The van der Waals surface area contributed by atoms with Gasteiger partial charge in [0.05, 0.1) is 25.5 Å². The number of amides is 1. The monoisotopic (exact) mass is 316 g/mol. The first kappa shape index (κ1) is 15.6. The number of hydrogen-bond donors (Lipinski definition) is 0. The Morgan fingerprint density at radius 3 is 2.83 bits per heavy atom. The van der Waals surface area contributed by atoms with Crippen LogP contribution in [0.1, 0.15) is 21.7 Å². The lowest BCUT2D eigenvalue weighted by atomic mass is 10.2. The van der Waals surface area contributed by atoms with E-state index >= 15 is 0 Å². The van der Waals surface area contributed by atoms with Crippen molar-refractivity contribution in [1.29, 1.82) is 0 Å². The lowest BCUT2D eigenvalue weighted by Crippen LogP contribution is -2.41. The molecule has 23 heavy (non-hydrogen) atoms. The van der Waals surface area contributed by atoms with E-state index in [1.165, 1.54) is 0 Å². The van der Waals surface area contributed by atoms with Gasteiger partial charge in [0, 0.05) is 20.2 Å². The van der Waals surface area contributed by atoms with Gasteiger partial charge in [-0.3, -0.25) is 4.79 Å². The molecule has 7 heteroatoms. The van der Waals surface area contributed by atoms with Crippen LogP contribution in [0.3, 0.4) is 0 Å². The fourth-order valence-corrected chi connectivity index (χ4v) is 2.62. The van der Waals surface area contributed by atoms with Gasteiger partial charge in [-0.25, -0.2) is 4.68 Å². The first-order valence-electron chi connectivity index (χ1n) is 7.58. The highest BCUT2D eigenvalue weighted by Crippen LogP contribution is 2.17. The number of aryl methyl sites for hydroxylation is 1. The minimum Gasteiger partial charge on any atom is -0.378 e. The average Bonchev–Trinajstić information content (AvgIpc) is 2.99. The van der Waals surface area contributed by atoms with Crippen molar-refractivity contribution in [3.8, 4) is 5.69 Å². The molecule has 0 saturated carbocycles. The molecular weight excluding hydrogens is 296 g/mol. The standard InChI is InChI=1S/C16H20N4O3/c1-12-4-3-5-13(10-12)20-14(11-22-2)15(17-18-20)16(21)19-6-8-23-9-7-19/h3-5,10H,6-9,11H2,1-2H3. The van der Waals surface area contributed by atoms with Gasteiger partial charge in [-0.2, -0.15) is 0 Å². The first-order chi connectivity index (χ1) is 11.2. The molecule has 1 aliphatic rings. The van der Waals surface area contributed by atoms with E-state index in [1.807, 2.05) is 31.2 Å². The second kappa shape index (κ2) is 6.89. The van der Waals surface area contributed by atoms with Gasteiger partial charge >= 0.3 is 0 Å². The number of benzene rings is 1. The summed E-state index contributed by atoms with van der Waals surface area (Å²) in [4.78, 5) is 14.4. The molecule has 0 bridgehead atoms. The molecule has 2 aromatic rings. The van der Waals surface area contributed by atoms with E-state index in [0.717, 1.165) is 11.3 Å². The summed E-state index contributed by atoms with van der Waals surface area (Å²) >= 11 is 0. The number of ether oxygens (including phenoxy) is 2.